The highest BCUT2D eigenvalue weighted by atomic mass is 15.0. The van der Waals surface area contributed by atoms with Gasteiger partial charge in [-0.05, 0) is 34.2 Å². The van der Waals surface area contributed by atoms with Crippen LogP contribution in [0.2, 0.25) is 0 Å². The Labute approximate surface area is 65.4 Å². The molecule has 0 aromatic heterocycles. The average Bonchev–Trinajstić information content (AvgIpc) is 1.66. The SMILES string of the molecule is CCNCC.CN(C)C.N. The molecule has 0 rings (SSSR count). The van der Waals surface area contributed by atoms with Gasteiger partial charge in [-0.3, -0.25) is 0 Å². The maximum atomic E-state index is 3.11. The van der Waals surface area contributed by atoms with Crippen LogP contribution >= 0.6 is 0 Å². The van der Waals surface area contributed by atoms with E-state index in [1.165, 1.54) is 0 Å². The van der Waals surface area contributed by atoms with E-state index in [9.17, 15) is 0 Å². The van der Waals surface area contributed by atoms with Crippen molar-refractivity contribution in [2.75, 3.05) is 34.2 Å². The minimum Gasteiger partial charge on any atom is -0.344 e. The first-order valence-corrected chi connectivity index (χ1v) is 3.46. The first kappa shape index (κ1) is 16.5. The second kappa shape index (κ2) is 15.9. The van der Waals surface area contributed by atoms with E-state index in [2.05, 4.69) is 19.2 Å². The van der Waals surface area contributed by atoms with Gasteiger partial charge in [-0.25, -0.2) is 0 Å². The molecule has 66 valence electrons. The molecular formula is C7H23N3. The molecule has 4 N–H and O–H groups in total. The molecule has 0 saturated carbocycles. The average molecular weight is 149 g/mol. The summed E-state index contributed by atoms with van der Waals surface area (Å²) in [5, 5.41) is 3.11. The van der Waals surface area contributed by atoms with Crippen LogP contribution in [-0.4, -0.2) is 39.1 Å². The summed E-state index contributed by atoms with van der Waals surface area (Å²) in [6.45, 7) is 6.39. The molecule has 10 heavy (non-hydrogen) atoms. The smallest absolute Gasteiger partial charge is 0.00775 e. The molecule has 0 radical (unpaired) electrons. The number of nitrogens with zero attached hydrogens (tertiary/aromatic N) is 1. The summed E-state index contributed by atoms with van der Waals surface area (Å²) >= 11 is 0. The molecular weight excluding hydrogens is 126 g/mol. The van der Waals surface area contributed by atoms with Crippen molar-refractivity contribution in [1.29, 1.82) is 0 Å². The third-order valence-electron chi connectivity index (χ3n) is 0.500. The van der Waals surface area contributed by atoms with Gasteiger partial charge in [0.2, 0.25) is 0 Å². The topological polar surface area (TPSA) is 50.3 Å². The Kier molecular flexibility index (Phi) is 26.2. The van der Waals surface area contributed by atoms with Crippen molar-refractivity contribution in [3.05, 3.63) is 0 Å². The van der Waals surface area contributed by atoms with Gasteiger partial charge in [-0.2, -0.15) is 0 Å². The Morgan fingerprint density at radius 3 is 1.20 bits per heavy atom. The standard InChI is InChI=1S/C4H11N.C3H9N.H3N/c1-3-5-4-2;1-4(2)3;/h5H,3-4H2,1-2H3;1-3H3;1H3. The van der Waals surface area contributed by atoms with Crippen LogP contribution in [0.1, 0.15) is 13.8 Å². The fraction of sp³-hybridized carbons (Fsp3) is 1.00. The summed E-state index contributed by atoms with van der Waals surface area (Å²) in [6, 6.07) is 0. The van der Waals surface area contributed by atoms with Crippen LogP contribution < -0.4 is 11.5 Å². The molecule has 0 aliphatic rings. The molecule has 0 amide bonds. The fourth-order valence-corrected chi connectivity index (χ4v) is 0.250. The third-order valence-corrected chi connectivity index (χ3v) is 0.500. The molecule has 3 heteroatoms. The van der Waals surface area contributed by atoms with Crippen molar-refractivity contribution >= 4 is 0 Å². The van der Waals surface area contributed by atoms with Crippen LogP contribution in [0.15, 0.2) is 0 Å². The monoisotopic (exact) mass is 149 g/mol. The van der Waals surface area contributed by atoms with Gasteiger partial charge in [0.1, 0.15) is 0 Å². The molecule has 0 spiro atoms. The van der Waals surface area contributed by atoms with Crippen molar-refractivity contribution < 1.29 is 0 Å². The first-order chi connectivity index (χ1) is 4.15. The predicted octanol–water partition coefficient (Wildman–Crippen LogP) is 0.956. The maximum absolute atomic E-state index is 3.11. The van der Waals surface area contributed by atoms with Crippen LogP contribution in [0.25, 0.3) is 0 Å². The van der Waals surface area contributed by atoms with Crippen molar-refractivity contribution in [2.45, 2.75) is 13.8 Å². The highest BCUT2D eigenvalue weighted by molar-refractivity contribution is 4.27. The van der Waals surface area contributed by atoms with Gasteiger partial charge in [0.25, 0.3) is 0 Å². The molecule has 0 aromatic carbocycles. The van der Waals surface area contributed by atoms with Crippen molar-refractivity contribution in [3.63, 3.8) is 0 Å². The summed E-state index contributed by atoms with van der Waals surface area (Å²) in [5.41, 5.74) is 0. The van der Waals surface area contributed by atoms with Gasteiger partial charge in [0.15, 0.2) is 0 Å². The summed E-state index contributed by atoms with van der Waals surface area (Å²) in [6.07, 6.45) is 0. The highest BCUT2D eigenvalue weighted by Crippen LogP contribution is 1.48. The van der Waals surface area contributed by atoms with Crippen LogP contribution in [0, 0.1) is 0 Å². The van der Waals surface area contributed by atoms with Crippen LogP contribution in [0.5, 0.6) is 0 Å². The third kappa shape index (κ3) is 106. The Balaban J connectivity index is -0.0000000910. The lowest BCUT2D eigenvalue weighted by Gasteiger charge is -1.90. The second-order valence-electron chi connectivity index (χ2n) is 2.30. The summed E-state index contributed by atoms with van der Waals surface area (Å²) in [7, 11) is 6.00. The zero-order valence-electron chi connectivity index (χ0n) is 8.07. The summed E-state index contributed by atoms with van der Waals surface area (Å²) < 4.78 is 0. The first-order valence-electron chi connectivity index (χ1n) is 3.46. The van der Waals surface area contributed by atoms with E-state index < -0.39 is 0 Å². The minimum absolute atomic E-state index is 0. The normalized spacial score (nSPS) is 7.80. The molecule has 0 fully saturated rings. The maximum Gasteiger partial charge on any atom is -0.00775 e. The molecule has 0 bridgehead atoms. The van der Waals surface area contributed by atoms with E-state index in [0.717, 1.165) is 13.1 Å². The van der Waals surface area contributed by atoms with Crippen LogP contribution in [-0.2, 0) is 0 Å². The molecule has 0 aliphatic carbocycles. The highest BCUT2D eigenvalue weighted by Gasteiger charge is 1.62. The molecule has 0 unspecified atom stereocenters. The lowest BCUT2D eigenvalue weighted by Crippen LogP contribution is -2.09. The molecule has 3 nitrogen and oxygen atoms in total. The van der Waals surface area contributed by atoms with E-state index >= 15 is 0 Å². The van der Waals surface area contributed by atoms with E-state index in [-0.39, 0.29) is 6.15 Å². The van der Waals surface area contributed by atoms with Crippen LogP contribution in [0.3, 0.4) is 0 Å². The Bertz CT molecular complexity index is 33.1. The van der Waals surface area contributed by atoms with Gasteiger partial charge in [-0.15, -0.1) is 0 Å². The van der Waals surface area contributed by atoms with E-state index in [4.69, 9.17) is 0 Å². The van der Waals surface area contributed by atoms with Crippen molar-refractivity contribution in [3.8, 4) is 0 Å². The lowest BCUT2D eigenvalue weighted by molar-refractivity contribution is 0.505. The van der Waals surface area contributed by atoms with Gasteiger partial charge in [0.05, 0.1) is 0 Å². The van der Waals surface area contributed by atoms with Gasteiger partial charge in [0, 0.05) is 0 Å². The van der Waals surface area contributed by atoms with Crippen molar-refractivity contribution in [2.24, 2.45) is 0 Å². The predicted molar refractivity (Wildman–Crippen MR) is 48.9 cm³/mol. The molecule has 0 aliphatic heterocycles. The zero-order chi connectivity index (χ0) is 7.70. The summed E-state index contributed by atoms with van der Waals surface area (Å²) in [5.74, 6) is 0. The largest absolute Gasteiger partial charge is 0.344 e. The van der Waals surface area contributed by atoms with Crippen LogP contribution in [0.4, 0.5) is 0 Å². The second-order valence-corrected chi connectivity index (χ2v) is 2.30. The van der Waals surface area contributed by atoms with E-state index in [1.807, 2.05) is 26.0 Å². The zero-order valence-corrected chi connectivity index (χ0v) is 8.07. The van der Waals surface area contributed by atoms with Gasteiger partial charge >= 0.3 is 0 Å². The lowest BCUT2D eigenvalue weighted by atomic mass is 10.7. The molecule has 0 atom stereocenters. The molecule has 0 saturated heterocycles. The quantitative estimate of drug-likeness (QED) is 0.614. The van der Waals surface area contributed by atoms with E-state index in [0.29, 0.717) is 0 Å². The van der Waals surface area contributed by atoms with Gasteiger partial charge in [-0.1, -0.05) is 13.8 Å². The number of rotatable bonds is 2. The fourth-order valence-electron chi connectivity index (χ4n) is 0.250. The Hall–Kier alpha value is -0.120. The molecule has 0 heterocycles. The Morgan fingerprint density at radius 2 is 1.20 bits per heavy atom. The van der Waals surface area contributed by atoms with Gasteiger partial charge < -0.3 is 16.4 Å². The number of nitrogens with one attached hydrogen (secondary N) is 1. The Morgan fingerprint density at radius 1 is 1.00 bits per heavy atom. The van der Waals surface area contributed by atoms with Crippen molar-refractivity contribution in [1.82, 2.24) is 16.4 Å². The number of hydrogen-bond acceptors (Lipinski definition) is 3. The minimum atomic E-state index is 0. The van der Waals surface area contributed by atoms with E-state index in [1.54, 1.807) is 0 Å². The number of hydrogen-bond donors (Lipinski definition) is 2. The molecule has 0 aromatic rings. The summed E-state index contributed by atoms with van der Waals surface area (Å²) in [4.78, 5) is 2.00.